The van der Waals surface area contributed by atoms with Crippen LogP contribution in [0.2, 0.25) is 0 Å². The molecule has 188 valence electrons. The SMILES string of the molecule is O=C(Nc1ccc(Oc2ccnc3[nH]ccc23)cc1)Nc1cc(OC(CF)CF)cc(C(F)(F)F)c1. The standard InChI is InChI=1S/C24H19F5N4O3/c25-12-19(13-26)35-18-10-14(24(27,28)29)9-16(11-18)33-23(34)32-15-1-3-17(4-2-15)36-21-6-8-31-22-20(21)5-7-30-22/h1-11,19H,12-13H2,(H,30,31)(H2,32,33,34). The third-order valence-corrected chi connectivity index (χ3v) is 4.90. The number of ether oxygens (including phenoxy) is 2. The molecule has 0 spiro atoms. The summed E-state index contributed by atoms with van der Waals surface area (Å²) in [5.41, 5.74) is -0.432. The highest BCUT2D eigenvalue weighted by molar-refractivity contribution is 6.00. The fraction of sp³-hybridized carbons (Fsp3) is 0.167. The first kappa shape index (κ1) is 24.8. The van der Waals surface area contributed by atoms with Crippen molar-refractivity contribution in [3.05, 3.63) is 72.6 Å². The molecule has 0 aliphatic heterocycles. The number of halogens is 5. The number of aromatic nitrogens is 2. The van der Waals surface area contributed by atoms with Crippen LogP contribution in [0.3, 0.4) is 0 Å². The van der Waals surface area contributed by atoms with Gasteiger partial charge >= 0.3 is 12.2 Å². The second kappa shape index (κ2) is 10.5. The van der Waals surface area contributed by atoms with E-state index in [9.17, 15) is 26.7 Å². The number of urea groups is 1. The number of nitrogens with one attached hydrogen (secondary N) is 3. The van der Waals surface area contributed by atoms with Gasteiger partial charge in [-0.2, -0.15) is 13.2 Å². The number of anilines is 2. The second-order valence-corrected chi connectivity index (χ2v) is 7.55. The van der Waals surface area contributed by atoms with E-state index in [4.69, 9.17) is 9.47 Å². The Morgan fingerprint density at radius 2 is 1.67 bits per heavy atom. The zero-order valence-corrected chi connectivity index (χ0v) is 18.4. The van der Waals surface area contributed by atoms with E-state index < -0.39 is 43.0 Å². The van der Waals surface area contributed by atoms with Crippen LogP contribution in [0.5, 0.6) is 17.2 Å². The average Bonchev–Trinajstić information content (AvgIpc) is 3.33. The number of hydrogen-bond donors (Lipinski definition) is 3. The van der Waals surface area contributed by atoms with E-state index in [0.717, 1.165) is 11.5 Å². The molecular formula is C24H19F5N4O3. The summed E-state index contributed by atoms with van der Waals surface area (Å²) in [6.07, 6.45) is -3.01. The zero-order valence-electron chi connectivity index (χ0n) is 18.4. The molecule has 0 bridgehead atoms. The van der Waals surface area contributed by atoms with E-state index in [0.29, 0.717) is 35.0 Å². The Morgan fingerprint density at radius 1 is 0.944 bits per heavy atom. The predicted octanol–water partition coefficient (Wildman–Crippen LogP) is 6.70. The molecule has 0 fully saturated rings. The first-order valence-corrected chi connectivity index (χ1v) is 10.5. The van der Waals surface area contributed by atoms with Gasteiger partial charge in [0.1, 0.15) is 36.2 Å². The van der Waals surface area contributed by atoms with E-state index in [-0.39, 0.29) is 5.69 Å². The van der Waals surface area contributed by atoms with Gasteiger partial charge in [-0.05, 0) is 48.5 Å². The van der Waals surface area contributed by atoms with Gasteiger partial charge in [-0.25, -0.2) is 18.6 Å². The zero-order chi connectivity index (χ0) is 25.7. The molecule has 2 amide bonds. The van der Waals surface area contributed by atoms with Crippen molar-refractivity contribution in [2.75, 3.05) is 24.0 Å². The number of alkyl halides is 5. The molecule has 0 saturated carbocycles. The maximum Gasteiger partial charge on any atom is 0.416 e. The normalized spacial score (nSPS) is 11.5. The molecule has 36 heavy (non-hydrogen) atoms. The highest BCUT2D eigenvalue weighted by Gasteiger charge is 2.32. The third-order valence-electron chi connectivity index (χ3n) is 4.90. The summed E-state index contributed by atoms with van der Waals surface area (Å²) in [6.45, 7) is -2.46. The Morgan fingerprint density at radius 3 is 2.36 bits per heavy atom. The van der Waals surface area contributed by atoms with Crippen LogP contribution in [0, 0.1) is 0 Å². The van der Waals surface area contributed by atoms with Crippen molar-refractivity contribution in [3.63, 3.8) is 0 Å². The summed E-state index contributed by atoms with van der Waals surface area (Å²) < 4.78 is 76.0. The number of H-pyrrole nitrogens is 1. The first-order chi connectivity index (χ1) is 17.2. The number of carbonyl (C=O) groups excluding carboxylic acids is 1. The van der Waals surface area contributed by atoms with Crippen LogP contribution >= 0.6 is 0 Å². The van der Waals surface area contributed by atoms with Crippen molar-refractivity contribution < 1.29 is 36.2 Å². The lowest BCUT2D eigenvalue weighted by Crippen LogP contribution is -2.22. The highest BCUT2D eigenvalue weighted by atomic mass is 19.4. The highest BCUT2D eigenvalue weighted by Crippen LogP contribution is 2.35. The number of benzene rings is 2. The smallest absolute Gasteiger partial charge is 0.416 e. The van der Waals surface area contributed by atoms with Gasteiger partial charge in [-0.3, -0.25) is 0 Å². The number of nitrogens with zero attached hydrogens (tertiary/aromatic N) is 1. The molecule has 3 N–H and O–H groups in total. The Kier molecular flexibility index (Phi) is 7.23. The van der Waals surface area contributed by atoms with E-state index in [2.05, 4.69) is 20.6 Å². The van der Waals surface area contributed by atoms with Gasteiger partial charge in [0.05, 0.1) is 10.9 Å². The van der Waals surface area contributed by atoms with Crippen molar-refractivity contribution in [2.45, 2.75) is 12.3 Å². The number of amides is 2. The number of fused-ring (bicyclic) bond motifs is 1. The van der Waals surface area contributed by atoms with Crippen molar-refractivity contribution in [1.82, 2.24) is 9.97 Å². The van der Waals surface area contributed by atoms with Gasteiger partial charge in [0, 0.05) is 29.8 Å². The van der Waals surface area contributed by atoms with Gasteiger partial charge in [0.2, 0.25) is 0 Å². The quantitative estimate of drug-likeness (QED) is 0.232. The summed E-state index contributed by atoms with van der Waals surface area (Å²) in [6, 6.07) is 11.3. The number of rotatable bonds is 8. The van der Waals surface area contributed by atoms with Crippen molar-refractivity contribution in [2.24, 2.45) is 0 Å². The summed E-state index contributed by atoms with van der Waals surface area (Å²) in [5.74, 6) is 0.615. The van der Waals surface area contributed by atoms with Gasteiger partial charge in [0.25, 0.3) is 0 Å². The number of hydrogen-bond acceptors (Lipinski definition) is 4. The summed E-state index contributed by atoms with van der Waals surface area (Å²) in [7, 11) is 0. The Balaban J connectivity index is 1.44. The lowest BCUT2D eigenvalue weighted by Gasteiger charge is -2.17. The van der Waals surface area contributed by atoms with E-state index >= 15 is 0 Å². The summed E-state index contributed by atoms with van der Waals surface area (Å²) >= 11 is 0. The molecule has 0 unspecified atom stereocenters. The van der Waals surface area contributed by atoms with Crippen molar-refractivity contribution >= 4 is 28.4 Å². The molecule has 0 aliphatic rings. The fourth-order valence-corrected chi connectivity index (χ4v) is 3.25. The largest absolute Gasteiger partial charge is 0.485 e. The van der Waals surface area contributed by atoms with Crippen LogP contribution in [0.1, 0.15) is 5.56 Å². The lowest BCUT2D eigenvalue weighted by atomic mass is 10.1. The molecule has 2 aromatic carbocycles. The van der Waals surface area contributed by atoms with Crippen molar-refractivity contribution in [1.29, 1.82) is 0 Å². The molecule has 0 atom stereocenters. The average molecular weight is 506 g/mol. The number of aromatic amines is 1. The maximum atomic E-state index is 13.2. The Labute approximate surface area is 201 Å². The van der Waals surface area contributed by atoms with Gasteiger partial charge in [-0.15, -0.1) is 0 Å². The van der Waals surface area contributed by atoms with Crippen LogP contribution < -0.4 is 20.1 Å². The molecule has 2 heterocycles. The molecule has 0 aliphatic carbocycles. The minimum Gasteiger partial charge on any atom is -0.485 e. The van der Waals surface area contributed by atoms with Crippen LogP contribution in [-0.2, 0) is 6.18 Å². The maximum absolute atomic E-state index is 13.2. The molecular weight excluding hydrogens is 487 g/mol. The summed E-state index contributed by atoms with van der Waals surface area (Å²) in [5, 5.41) is 5.54. The van der Waals surface area contributed by atoms with Gasteiger partial charge in [-0.1, -0.05) is 0 Å². The second-order valence-electron chi connectivity index (χ2n) is 7.55. The predicted molar refractivity (Wildman–Crippen MR) is 123 cm³/mol. The first-order valence-electron chi connectivity index (χ1n) is 10.5. The van der Waals surface area contributed by atoms with Crippen molar-refractivity contribution in [3.8, 4) is 17.2 Å². The minimum absolute atomic E-state index is 0.276. The third kappa shape index (κ3) is 6.01. The molecule has 4 aromatic rings. The monoisotopic (exact) mass is 506 g/mol. The molecule has 7 nitrogen and oxygen atoms in total. The van der Waals surface area contributed by atoms with E-state index in [1.807, 2.05) is 6.07 Å². The number of carbonyl (C=O) groups is 1. The molecule has 0 saturated heterocycles. The summed E-state index contributed by atoms with van der Waals surface area (Å²) in [4.78, 5) is 19.5. The molecule has 2 aromatic heterocycles. The Bertz CT molecular complexity index is 1340. The fourth-order valence-electron chi connectivity index (χ4n) is 3.25. The van der Waals surface area contributed by atoms with Crippen LogP contribution in [0.15, 0.2) is 67.0 Å². The topological polar surface area (TPSA) is 88.3 Å². The lowest BCUT2D eigenvalue weighted by molar-refractivity contribution is -0.137. The van der Waals surface area contributed by atoms with Crippen LogP contribution in [0.25, 0.3) is 11.0 Å². The minimum atomic E-state index is -4.77. The van der Waals surface area contributed by atoms with Crippen LogP contribution in [-0.4, -0.2) is 35.5 Å². The van der Waals surface area contributed by atoms with Crippen LogP contribution in [0.4, 0.5) is 38.1 Å². The molecule has 0 radical (unpaired) electrons. The van der Waals surface area contributed by atoms with Gasteiger partial charge < -0.3 is 25.1 Å². The van der Waals surface area contributed by atoms with Gasteiger partial charge in [0.15, 0.2) is 6.10 Å². The molecule has 12 heteroatoms. The van der Waals surface area contributed by atoms with E-state index in [1.165, 1.54) is 12.1 Å². The molecule has 4 rings (SSSR count). The Hall–Kier alpha value is -4.35. The number of pyridine rings is 1. The van der Waals surface area contributed by atoms with E-state index in [1.54, 1.807) is 30.6 Å².